The van der Waals surface area contributed by atoms with Crippen LogP contribution in [-0.2, 0) is 9.59 Å². The quantitative estimate of drug-likeness (QED) is 0.220. The van der Waals surface area contributed by atoms with Crippen LogP contribution in [0.1, 0.15) is 53.8 Å². The summed E-state index contributed by atoms with van der Waals surface area (Å²) in [5.41, 5.74) is 4.14. The number of aromatic nitrogens is 3. The van der Waals surface area contributed by atoms with Crippen LogP contribution in [0, 0.1) is 11.7 Å². The average Bonchev–Trinajstić information content (AvgIpc) is 3.53. The largest absolute Gasteiger partial charge is 0.496 e. The maximum absolute atomic E-state index is 13.9. The van der Waals surface area contributed by atoms with E-state index in [4.69, 9.17) is 4.74 Å². The molecule has 0 radical (unpaired) electrons. The van der Waals surface area contributed by atoms with Gasteiger partial charge < -0.3 is 25.2 Å². The second-order valence-corrected chi connectivity index (χ2v) is 12.7. The van der Waals surface area contributed by atoms with Gasteiger partial charge in [-0.3, -0.25) is 19.5 Å². The highest BCUT2D eigenvalue weighted by Crippen LogP contribution is 2.37. The molecule has 1 aliphatic carbocycles. The fourth-order valence-electron chi connectivity index (χ4n) is 6.12. The molecular formula is C36H40FN7O4. The van der Waals surface area contributed by atoms with Gasteiger partial charge in [0.15, 0.2) is 0 Å². The third-order valence-corrected chi connectivity index (χ3v) is 9.13. The lowest BCUT2D eigenvalue weighted by Gasteiger charge is -2.26. The second-order valence-electron chi connectivity index (χ2n) is 12.7. The van der Waals surface area contributed by atoms with Crippen LogP contribution in [-0.4, -0.2) is 89.1 Å². The normalized spacial score (nSPS) is 18.4. The van der Waals surface area contributed by atoms with Crippen LogP contribution >= 0.6 is 0 Å². The summed E-state index contributed by atoms with van der Waals surface area (Å²) in [6, 6.07) is 10.1. The van der Waals surface area contributed by atoms with E-state index in [1.807, 2.05) is 38.1 Å². The number of H-pyrrole nitrogens is 1. The highest BCUT2D eigenvalue weighted by atomic mass is 19.1. The molecule has 1 aliphatic heterocycles. The summed E-state index contributed by atoms with van der Waals surface area (Å²) in [4.78, 5) is 48.3. The molecule has 250 valence electrons. The average molecular weight is 654 g/mol. The fourth-order valence-corrected chi connectivity index (χ4v) is 6.12. The number of likely N-dealkylation sites (N-methyl/N-ethyl adjacent to an activating group) is 1. The number of aromatic amines is 1. The Balaban J connectivity index is 1.18. The van der Waals surface area contributed by atoms with Gasteiger partial charge in [0, 0.05) is 35.3 Å². The molecule has 11 nitrogen and oxygen atoms in total. The van der Waals surface area contributed by atoms with Crippen molar-refractivity contribution in [1.29, 1.82) is 0 Å². The van der Waals surface area contributed by atoms with Crippen LogP contribution in [0.2, 0.25) is 0 Å². The number of methoxy groups -OCH3 is 1. The van der Waals surface area contributed by atoms with E-state index in [0.717, 1.165) is 22.3 Å². The summed E-state index contributed by atoms with van der Waals surface area (Å²) in [7, 11) is 5.47. The molecule has 4 aromatic rings. The van der Waals surface area contributed by atoms with Gasteiger partial charge in [-0.1, -0.05) is 18.2 Å². The summed E-state index contributed by atoms with van der Waals surface area (Å²) in [5.74, 6) is -0.311. The predicted molar refractivity (Wildman–Crippen MR) is 181 cm³/mol. The van der Waals surface area contributed by atoms with Crippen molar-refractivity contribution in [2.24, 2.45) is 5.92 Å². The van der Waals surface area contributed by atoms with E-state index in [2.05, 4.69) is 38.0 Å². The number of halogens is 1. The second kappa shape index (κ2) is 13.9. The zero-order valence-electron chi connectivity index (χ0n) is 27.5. The Morgan fingerprint density at radius 2 is 1.98 bits per heavy atom. The number of nitrogens with one attached hydrogen (secondary N) is 3. The van der Waals surface area contributed by atoms with Gasteiger partial charge in [0.25, 0.3) is 5.91 Å². The maximum Gasteiger partial charge on any atom is 0.270 e. The lowest BCUT2D eigenvalue weighted by Crippen LogP contribution is -2.49. The monoisotopic (exact) mass is 653 g/mol. The molecule has 1 unspecified atom stereocenters. The molecule has 2 aromatic heterocycles. The molecule has 0 bridgehead atoms. The number of likely N-dealkylation sites (tertiary alicyclic amines) is 1. The standard InChI is InChI=1S/C36H40FN7O4/c1-21(28-16-29(25-17-39-40-18-25)33(48-4)14-23(28)8-7-22-5-6-22)41-36(47)32-15-27(43(2)3)20-44(32)34(45)19-38-35(46)31-11-9-24-13-26(37)10-12-30(24)42-31/h7-14,16-18,21-22,27,32H,5-6,15,19-20H2,1-4H3,(H,38,46)(H,39,40)(H,41,47)/b8-7+/t21-,27+,32?/m0/s1. The number of allylic oxidation sites excluding steroid dienone is 1. The van der Waals surface area contributed by atoms with Crippen LogP contribution in [0.5, 0.6) is 5.75 Å². The van der Waals surface area contributed by atoms with Crippen LogP contribution in [0.4, 0.5) is 4.39 Å². The Morgan fingerprint density at radius 1 is 1.17 bits per heavy atom. The van der Waals surface area contributed by atoms with Gasteiger partial charge in [-0.25, -0.2) is 9.37 Å². The number of pyridine rings is 1. The first-order chi connectivity index (χ1) is 23.1. The topological polar surface area (TPSA) is 133 Å². The van der Waals surface area contributed by atoms with Crippen molar-refractivity contribution in [3.05, 3.63) is 83.6 Å². The number of carbonyl (C=O) groups excluding carboxylic acids is 3. The Kier molecular flexibility index (Phi) is 9.54. The Hall–Kier alpha value is -5.10. The zero-order valence-corrected chi connectivity index (χ0v) is 27.5. The van der Waals surface area contributed by atoms with Crippen molar-refractivity contribution >= 4 is 34.7 Å². The summed E-state index contributed by atoms with van der Waals surface area (Å²) in [6.45, 7) is 1.98. The van der Waals surface area contributed by atoms with E-state index in [0.29, 0.717) is 35.5 Å². The minimum atomic E-state index is -0.727. The fraction of sp³-hybridized carbons (Fsp3) is 0.361. The highest BCUT2D eigenvalue weighted by molar-refractivity contribution is 5.97. The first-order valence-corrected chi connectivity index (χ1v) is 16.1. The van der Waals surface area contributed by atoms with Crippen LogP contribution in [0.25, 0.3) is 28.1 Å². The van der Waals surface area contributed by atoms with E-state index in [1.54, 1.807) is 30.5 Å². The Bertz CT molecular complexity index is 1850. The molecule has 2 aliphatic rings. The Morgan fingerprint density at radius 3 is 2.69 bits per heavy atom. The van der Waals surface area contributed by atoms with Gasteiger partial charge in [0.05, 0.1) is 31.4 Å². The zero-order chi connectivity index (χ0) is 33.9. The third-order valence-electron chi connectivity index (χ3n) is 9.13. The van der Waals surface area contributed by atoms with E-state index in [9.17, 15) is 18.8 Å². The molecule has 0 spiro atoms. The van der Waals surface area contributed by atoms with Crippen molar-refractivity contribution < 1.29 is 23.5 Å². The summed E-state index contributed by atoms with van der Waals surface area (Å²) >= 11 is 0. The SMILES string of the molecule is COc1cc(/C=C/C2CC2)c([C@H](C)NC(=O)C2C[C@@H](N(C)C)CN2C(=O)CNC(=O)c2ccc3cc(F)ccc3n2)cc1-c1cn[nH]c1. The highest BCUT2D eigenvalue weighted by Gasteiger charge is 2.40. The molecule has 1 saturated heterocycles. The van der Waals surface area contributed by atoms with E-state index in [-0.39, 0.29) is 30.1 Å². The van der Waals surface area contributed by atoms with Gasteiger partial charge in [-0.2, -0.15) is 5.10 Å². The molecule has 3 atom stereocenters. The van der Waals surface area contributed by atoms with Gasteiger partial charge >= 0.3 is 0 Å². The molecule has 6 rings (SSSR count). The van der Waals surface area contributed by atoms with Gasteiger partial charge in [0.2, 0.25) is 11.8 Å². The summed E-state index contributed by atoms with van der Waals surface area (Å²) < 4.78 is 19.3. The minimum Gasteiger partial charge on any atom is -0.496 e. The molecule has 2 aromatic carbocycles. The molecule has 12 heteroatoms. The van der Waals surface area contributed by atoms with Crippen molar-refractivity contribution in [3.63, 3.8) is 0 Å². The molecule has 3 N–H and O–H groups in total. The van der Waals surface area contributed by atoms with Crippen LogP contribution in [0.15, 0.2) is 60.9 Å². The number of fused-ring (bicyclic) bond motifs is 1. The number of rotatable bonds is 11. The number of nitrogens with zero attached hydrogens (tertiary/aromatic N) is 4. The first kappa shape index (κ1) is 32.8. The van der Waals surface area contributed by atoms with E-state index < -0.39 is 23.8 Å². The van der Waals surface area contributed by atoms with E-state index >= 15 is 0 Å². The Labute approximate surface area is 278 Å². The van der Waals surface area contributed by atoms with Gasteiger partial charge in [0.1, 0.15) is 23.3 Å². The van der Waals surface area contributed by atoms with Gasteiger partial charge in [-0.15, -0.1) is 0 Å². The molecule has 2 fully saturated rings. The van der Waals surface area contributed by atoms with Crippen molar-refractivity contribution in [3.8, 4) is 16.9 Å². The number of amides is 3. The summed E-state index contributed by atoms with van der Waals surface area (Å²) in [5, 5.41) is 13.3. The molecule has 3 heterocycles. The van der Waals surface area contributed by atoms with Crippen molar-refractivity contribution in [2.75, 3.05) is 34.3 Å². The number of ether oxygens (including phenoxy) is 1. The van der Waals surface area contributed by atoms with Crippen molar-refractivity contribution in [2.45, 2.75) is 44.3 Å². The number of hydrogen-bond acceptors (Lipinski definition) is 7. The maximum atomic E-state index is 13.9. The lowest BCUT2D eigenvalue weighted by atomic mass is 9.94. The first-order valence-electron chi connectivity index (χ1n) is 16.1. The van der Waals surface area contributed by atoms with Crippen LogP contribution in [0.3, 0.4) is 0 Å². The number of hydrogen-bond donors (Lipinski definition) is 3. The third kappa shape index (κ3) is 7.23. The van der Waals surface area contributed by atoms with E-state index in [1.165, 1.54) is 37.1 Å². The van der Waals surface area contributed by atoms with Gasteiger partial charge in [-0.05, 0) is 93.7 Å². The number of benzene rings is 2. The molecule has 3 amide bonds. The van der Waals surface area contributed by atoms with Crippen LogP contribution < -0.4 is 15.4 Å². The lowest BCUT2D eigenvalue weighted by molar-refractivity contribution is -0.138. The minimum absolute atomic E-state index is 0.0380. The smallest absolute Gasteiger partial charge is 0.270 e. The van der Waals surface area contributed by atoms with Crippen molar-refractivity contribution in [1.82, 2.24) is 35.6 Å². The summed E-state index contributed by atoms with van der Waals surface area (Å²) in [6.07, 6.45) is 10.6. The molecule has 1 saturated carbocycles. The predicted octanol–water partition coefficient (Wildman–Crippen LogP) is 4.33. The molecular weight excluding hydrogens is 613 g/mol. The number of carbonyl (C=O) groups is 3. The molecule has 48 heavy (non-hydrogen) atoms.